The zero-order valence-corrected chi connectivity index (χ0v) is 23.2. The van der Waals surface area contributed by atoms with E-state index in [-0.39, 0.29) is 5.41 Å². The Morgan fingerprint density at radius 2 is 1.63 bits per heavy atom. The SMILES string of the molecule is Cc1ccc(-n2nc(C(C)(C)C)cc2-c2ccc(C3CCC=C(N4CCOCC4)C3)c3ccccc23)cc1. The zero-order valence-electron chi connectivity index (χ0n) is 23.2. The average Bonchev–Trinajstić information content (AvgIpc) is 3.39. The number of hydrogen-bond donors (Lipinski definition) is 0. The van der Waals surface area contributed by atoms with Gasteiger partial charge in [0.25, 0.3) is 0 Å². The molecule has 0 saturated carbocycles. The van der Waals surface area contributed by atoms with Crippen LogP contribution >= 0.6 is 0 Å². The highest BCUT2D eigenvalue weighted by Gasteiger charge is 2.26. The second-order valence-electron chi connectivity index (χ2n) is 11.9. The summed E-state index contributed by atoms with van der Waals surface area (Å²) in [5.41, 5.74) is 8.80. The first-order valence-electron chi connectivity index (χ1n) is 14.1. The molecule has 0 N–H and O–H groups in total. The van der Waals surface area contributed by atoms with E-state index >= 15 is 0 Å². The highest BCUT2D eigenvalue weighted by molar-refractivity contribution is 5.98. The Labute approximate surface area is 226 Å². The average molecular weight is 506 g/mol. The fraction of sp³-hybridized carbons (Fsp3) is 0.382. The van der Waals surface area contributed by atoms with Crippen molar-refractivity contribution >= 4 is 10.8 Å². The fourth-order valence-electron chi connectivity index (χ4n) is 5.99. The maximum absolute atomic E-state index is 5.61. The minimum absolute atomic E-state index is 0.0369. The molecule has 3 aromatic carbocycles. The molecule has 0 amide bonds. The number of morpholine rings is 1. The van der Waals surface area contributed by atoms with Crippen LogP contribution in [0.25, 0.3) is 27.7 Å². The molecule has 1 aliphatic carbocycles. The Kier molecular flexibility index (Phi) is 6.61. The summed E-state index contributed by atoms with van der Waals surface area (Å²) in [6, 6.07) is 24.7. The number of aryl methyl sites for hydroxylation is 1. The minimum Gasteiger partial charge on any atom is -0.378 e. The maximum atomic E-state index is 5.61. The predicted octanol–water partition coefficient (Wildman–Crippen LogP) is 7.78. The van der Waals surface area contributed by atoms with Gasteiger partial charge in [-0.1, -0.05) is 80.9 Å². The number of benzene rings is 3. The van der Waals surface area contributed by atoms with Crippen molar-refractivity contribution in [1.29, 1.82) is 0 Å². The van der Waals surface area contributed by atoms with Crippen LogP contribution in [0.3, 0.4) is 0 Å². The molecule has 0 radical (unpaired) electrons. The number of ether oxygens (including phenoxy) is 1. The Balaban J connectivity index is 1.43. The summed E-state index contributed by atoms with van der Waals surface area (Å²) in [5.74, 6) is 0.531. The zero-order chi connectivity index (χ0) is 26.3. The molecule has 4 aromatic rings. The van der Waals surface area contributed by atoms with E-state index in [0.717, 1.165) is 56.2 Å². The second kappa shape index (κ2) is 10.1. The summed E-state index contributed by atoms with van der Waals surface area (Å²) < 4.78 is 7.75. The van der Waals surface area contributed by atoms with Crippen LogP contribution < -0.4 is 0 Å². The van der Waals surface area contributed by atoms with Crippen molar-refractivity contribution in [1.82, 2.24) is 14.7 Å². The lowest BCUT2D eigenvalue weighted by Gasteiger charge is -2.35. The van der Waals surface area contributed by atoms with Crippen LogP contribution in [0.15, 0.2) is 78.5 Å². The predicted molar refractivity (Wildman–Crippen MR) is 157 cm³/mol. The second-order valence-corrected chi connectivity index (χ2v) is 11.9. The lowest BCUT2D eigenvalue weighted by Crippen LogP contribution is -2.36. The molecule has 38 heavy (non-hydrogen) atoms. The Bertz CT molecular complexity index is 1470. The molecule has 1 aliphatic heterocycles. The van der Waals surface area contributed by atoms with Gasteiger partial charge in [0.05, 0.1) is 30.3 Å². The molecule has 1 unspecified atom stereocenters. The summed E-state index contributed by atoms with van der Waals surface area (Å²) in [7, 11) is 0. The normalized spacial score (nSPS) is 18.6. The van der Waals surface area contributed by atoms with Crippen molar-refractivity contribution in [3.8, 4) is 16.9 Å². The molecule has 0 bridgehead atoms. The lowest BCUT2D eigenvalue weighted by atomic mass is 9.82. The van der Waals surface area contributed by atoms with E-state index in [4.69, 9.17) is 9.84 Å². The molecule has 196 valence electrons. The molecule has 1 aromatic heterocycles. The Hall–Kier alpha value is -3.37. The number of aromatic nitrogens is 2. The van der Waals surface area contributed by atoms with Gasteiger partial charge in [-0.25, -0.2) is 4.68 Å². The van der Waals surface area contributed by atoms with Gasteiger partial charge in [-0.15, -0.1) is 0 Å². The number of hydrogen-bond acceptors (Lipinski definition) is 3. The smallest absolute Gasteiger partial charge is 0.0750 e. The van der Waals surface area contributed by atoms with Crippen LogP contribution in [0.1, 0.15) is 62.8 Å². The van der Waals surface area contributed by atoms with E-state index in [9.17, 15) is 0 Å². The largest absolute Gasteiger partial charge is 0.378 e. The van der Waals surface area contributed by atoms with E-state index in [1.54, 1.807) is 0 Å². The van der Waals surface area contributed by atoms with Gasteiger partial charge in [-0.3, -0.25) is 0 Å². The molecular weight excluding hydrogens is 466 g/mol. The standard InChI is InChI=1S/C34H39N3O/c1-24-12-14-26(15-13-24)37-32(23-33(35-37)34(2,3)4)31-17-16-28(29-10-5-6-11-30(29)31)25-8-7-9-27(22-25)36-18-20-38-21-19-36/h5-6,9-17,23,25H,7-8,18-22H2,1-4H3. The molecule has 6 rings (SSSR count). The summed E-state index contributed by atoms with van der Waals surface area (Å²) >= 11 is 0. The molecule has 4 nitrogen and oxygen atoms in total. The summed E-state index contributed by atoms with van der Waals surface area (Å²) in [6.45, 7) is 12.5. The monoisotopic (exact) mass is 505 g/mol. The van der Waals surface area contributed by atoms with Gasteiger partial charge in [0.2, 0.25) is 0 Å². The van der Waals surface area contributed by atoms with E-state index < -0.39 is 0 Å². The third kappa shape index (κ3) is 4.78. The minimum atomic E-state index is -0.0369. The molecule has 0 spiro atoms. The Morgan fingerprint density at radius 1 is 0.895 bits per heavy atom. The molecule has 1 saturated heterocycles. The summed E-state index contributed by atoms with van der Waals surface area (Å²) in [6.07, 6.45) is 5.92. The molecule has 1 atom stereocenters. The van der Waals surface area contributed by atoms with Crippen molar-refractivity contribution < 1.29 is 4.74 Å². The molecular formula is C34H39N3O. The van der Waals surface area contributed by atoms with E-state index in [1.165, 1.54) is 39.6 Å². The molecule has 2 aliphatic rings. The van der Waals surface area contributed by atoms with Crippen molar-refractivity contribution in [2.75, 3.05) is 26.3 Å². The van der Waals surface area contributed by atoms with Crippen LogP contribution in [0, 0.1) is 6.92 Å². The van der Waals surface area contributed by atoms with Gasteiger partial charge >= 0.3 is 0 Å². The van der Waals surface area contributed by atoms with Gasteiger partial charge in [0.1, 0.15) is 0 Å². The molecule has 4 heteroatoms. The topological polar surface area (TPSA) is 30.3 Å². The van der Waals surface area contributed by atoms with E-state index in [1.807, 2.05) is 0 Å². The van der Waals surface area contributed by atoms with E-state index in [0.29, 0.717) is 5.92 Å². The van der Waals surface area contributed by atoms with Crippen LogP contribution in [0.5, 0.6) is 0 Å². The lowest BCUT2D eigenvalue weighted by molar-refractivity contribution is 0.0508. The van der Waals surface area contributed by atoms with Gasteiger partial charge in [-0.05, 0) is 66.6 Å². The highest BCUT2D eigenvalue weighted by Crippen LogP contribution is 2.41. The first-order valence-corrected chi connectivity index (χ1v) is 14.1. The van der Waals surface area contributed by atoms with Crippen LogP contribution in [0.2, 0.25) is 0 Å². The number of fused-ring (bicyclic) bond motifs is 1. The van der Waals surface area contributed by atoms with Gasteiger partial charge in [-0.2, -0.15) is 5.10 Å². The van der Waals surface area contributed by atoms with Gasteiger partial charge in [0, 0.05) is 29.8 Å². The highest BCUT2D eigenvalue weighted by atomic mass is 16.5. The van der Waals surface area contributed by atoms with Crippen LogP contribution in [0.4, 0.5) is 0 Å². The number of nitrogens with zero attached hydrogens (tertiary/aromatic N) is 3. The van der Waals surface area contributed by atoms with Crippen molar-refractivity contribution in [2.24, 2.45) is 0 Å². The van der Waals surface area contributed by atoms with Crippen molar-refractivity contribution in [3.05, 3.63) is 95.3 Å². The van der Waals surface area contributed by atoms with Crippen molar-refractivity contribution in [3.63, 3.8) is 0 Å². The van der Waals surface area contributed by atoms with Crippen molar-refractivity contribution in [2.45, 2.75) is 58.3 Å². The molecule has 1 fully saturated rings. The van der Waals surface area contributed by atoms with Crippen LogP contribution in [-0.2, 0) is 10.2 Å². The van der Waals surface area contributed by atoms with Crippen LogP contribution in [-0.4, -0.2) is 41.0 Å². The third-order valence-electron chi connectivity index (χ3n) is 8.20. The van der Waals surface area contributed by atoms with E-state index in [2.05, 4.69) is 110 Å². The molecule has 2 heterocycles. The number of rotatable bonds is 4. The third-order valence-corrected chi connectivity index (χ3v) is 8.20. The fourth-order valence-corrected chi connectivity index (χ4v) is 5.99. The number of allylic oxidation sites excluding steroid dienone is 2. The Morgan fingerprint density at radius 3 is 2.37 bits per heavy atom. The summed E-state index contributed by atoms with van der Waals surface area (Å²) in [5, 5.41) is 7.81. The summed E-state index contributed by atoms with van der Waals surface area (Å²) in [4.78, 5) is 2.54. The van der Waals surface area contributed by atoms with Gasteiger partial charge in [0.15, 0.2) is 0 Å². The first kappa shape index (κ1) is 24.9. The van der Waals surface area contributed by atoms with Gasteiger partial charge < -0.3 is 9.64 Å². The first-order chi connectivity index (χ1) is 18.4. The maximum Gasteiger partial charge on any atom is 0.0750 e. The quantitative estimate of drug-likeness (QED) is 0.284.